The Morgan fingerprint density at radius 2 is 0.933 bits per heavy atom. The summed E-state index contributed by atoms with van der Waals surface area (Å²) in [5.41, 5.74) is 0. The lowest BCUT2D eigenvalue weighted by Gasteiger charge is -2.03. The van der Waals surface area contributed by atoms with Crippen LogP contribution in [-0.4, -0.2) is 0 Å². The third kappa shape index (κ3) is 4.28. The van der Waals surface area contributed by atoms with Crippen molar-refractivity contribution in [3.05, 3.63) is 60.7 Å². The van der Waals surface area contributed by atoms with Gasteiger partial charge in [0.2, 0.25) is 0 Å². The van der Waals surface area contributed by atoms with Crippen LogP contribution in [0.1, 0.15) is 0 Å². The van der Waals surface area contributed by atoms with Crippen LogP contribution in [0.15, 0.2) is 60.7 Å². The fourth-order valence-corrected chi connectivity index (χ4v) is 1.11. The van der Waals surface area contributed by atoms with Gasteiger partial charge in [-0.3, -0.25) is 0 Å². The molecule has 1 nitrogen and oxygen atoms in total. The molecular formula is C12H13ClOS. The topological polar surface area (TPSA) is 9.23 Å². The molecule has 0 amide bonds. The average Bonchev–Trinajstić information content (AvgIpc) is 2.21. The Morgan fingerprint density at radius 3 is 1.27 bits per heavy atom. The third-order valence-electron chi connectivity index (χ3n) is 1.72. The lowest BCUT2D eigenvalue weighted by Crippen LogP contribution is -3.00. The van der Waals surface area contributed by atoms with E-state index in [2.05, 4.69) is 0 Å². The molecule has 0 spiro atoms. The van der Waals surface area contributed by atoms with E-state index in [0.29, 0.717) is 0 Å². The van der Waals surface area contributed by atoms with E-state index in [4.69, 9.17) is 4.74 Å². The van der Waals surface area contributed by atoms with Crippen LogP contribution in [0, 0.1) is 0 Å². The van der Waals surface area contributed by atoms with Gasteiger partial charge >= 0.3 is 0 Å². The summed E-state index contributed by atoms with van der Waals surface area (Å²) in [6.45, 7) is 0. The lowest BCUT2D eigenvalue weighted by atomic mass is 10.3. The van der Waals surface area contributed by atoms with Crippen molar-refractivity contribution in [3.8, 4) is 11.5 Å². The van der Waals surface area contributed by atoms with Gasteiger partial charge in [0.25, 0.3) is 0 Å². The molecule has 0 aliphatic heterocycles. The fourth-order valence-electron chi connectivity index (χ4n) is 1.11. The molecule has 0 N–H and O–H groups in total. The van der Waals surface area contributed by atoms with Crippen LogP contribution in [0.3, 0.4) is 0 Å². The molecule has 0 heterocycles. The smallest absolute Gasteiger partial charge is 0.127 e. The van der Waals surface area contributed by atoms with Crippen LogP contribution >= 0.6 is 0 Å². The summed E-state index contributed by atoms with van der Waals surface area (Å²) in [7, 11) is 0. The maximum absolute atomic E-state index is 5.58. The van der Waals surface area contributed by atoms with Crippen molar-refractivity contribution in [2.24, 2.45) is 0 Å². The van der Waals surface area contributed by atoms with Crippen LogP contribution in [0.2, 0.25) is 0 Å². The molecule has 0 saturated heterocycles. The minimum Gasteiger partial charge on any atom is -1.00 e. The molecule has 0 atom stereocenters. The summed E-state index contributed by atoms with van der Waals surface area (Å²) in [6, 6.07) is 19.5. The molecule has 2 aromatic carbocycles. The van der Waals surface area contributed by atoms with Crippen LogP contribution in [0.25, 0.3) is 0 Å². The summed E-state index contributed by atoms with van der Waals surface area (Å²) < 4.78 is 5.58. The molecule has 0 aliphatic carbocycles. The highest BCUT2D eigenvalue weighted by Gasteiger charge is 1.92. The van der Waals surface area contributed by atoms with Gasteiger partial charge in [0.15, 0.2) is 0 Å². The van der Waals surface area contributed by atoms with Crippen LogP contribution in [-0.2, 0) is 13.5 Å². The second-order valence-corrected chi connectivity index (χ2v) is 2.73. The van der Waals surface area contributed by atoms with Gasteiger partial charge in [-0.2, -0.15) is 0 Å². The SMILES string of the molecule is [Cl-].[SH3+].c1ccc(Oc2ccccc2)cc1. The Hall–Kier alpha value is -1.12. The molecule has 0 aliphatic rings. The van der Waals surface area contributed by atoms with Crippen molar-refractivity contribution in [1.29, 1.82) is 0 Å². The molecule has 80 valence electrons. The normalized spacial score (nSPS) is 8.27. The van der Waals surface area contributed by atoms with E-state index in [1.165, 1.54) is 0 Å². The summed E-state index contributed by atoms with van der Waals surface area (Å²) in [5, 5.41) is 0. The third-order valence-corrected chi connectivity index (χ3v) is 1.72. The molecule has 15 heavy (non-hydrogen) atoms. The molecular weight excluding hydrogens is 228 g/mol. The van der Waals surface area contributed by atoms with Crippen molar-refractivity contribution in [1.82, 2.24) is 0 Å². The highest BCUT2D eigenvalue weighted by Crippen LogP contribution is 2.19. The lowest BCUT2D eigenvalue weighted by molar-refractivity contribution is -0.00000322. The zero-order valence-corrected chi connectivity index (χ0v) is 10.0. The molecule has 0 radical (unpaired) electrons. The van der Waals surface area contributed by atoms with Gasteiger partial charge in [-0.25, -0.2) is 0 Å². The highest BCUT2D eigenvalue weighted by atomic mass is 35.5. The van der Waals surface area contributed by atoms with E-state index in [-0.39, 0.29) is 25.9 Å². The van der Waals surface area contributed by atoms with Crippen molar-refractivity contribution >= 4 is 13.5 Å². The van der Waals surface area contributed by atoms with E-state index < -0.39 is 0 Å². The Labute approximate surface area is 103 Å². The first kappa shape index (κ1) is 13.9. The summed E-state index contributed by atoms with van der Waals surface area (Å²) in [4.78, 5) is 0. The average molecular weight is 241 g/mol. The molecule has 0 saturated carbocycles. The van der Waals surface area contributed by atoms with Gasteiger partial charge in [0.1, 0.15) is 11.5 Å². The van der Waals surface area contributed by atoms with E-state index in [1.54, 1.807) is 0 Å². The molecule has 3 heteroatoms. The Bertz CT molecular complexity index is 326. The number of rotatable bonds is 2. The number of hydrogen-bond donors (Lipinski definition) is 0. The zero-order chi connectivity index (χ0) is 8.93. The van der Waals surface area contributed by atoms with Crippen LogP contribution < -0.4 is 17.1 Å². The zero-order valence-electron chi connectivity index (χ0n) is 8.14. The van der Waals surface area contributed by atoms with Crippen molar-refractivity contribution < 1.29 is 17.1 Å². The van der Waals surface area contributed by atoms with E-state index in [1.807, 2.05) is 60.7 Å². The van der Waals surface area contributed by atoms with E-state index >= 15 is 0 Å². The fraction of sp³-hybridized carbons (Fsp3) is 0. The minimum absolute atomic E-state index is 0. The van der Waals surface area contributed by atoms with Gasteiger partial charge in [0, 0.05) is 0 Å². The molecule has 2 aromatic rings. The number of benzene rings is 2. The maximum Gasteiger partial charge on any atom is 0.127 e. The first-order chi connectivity index (χ1) is 6.45. The number of para-hydroxylation sites is 2. The highest BCUT2D eigenvalue weighted by molar-refractivity contribution is 7.37. The maximum atomic E-state index is 5.58. The van der Waals surface area contributed by atoms with E-state index in [9.17, 15) is 0 Å². The summed E-state index contributed by atoms with van der Waals surface area (Å²) in [6.07, 6.45) is 0. The predicted octanol–water partition coefficient (Wildman–Crippen LogP) is -0.323. The molecule has 0 bridgehead atoms. The standard InChI is InChI=1S/C12H10O.ClH.H2S/c1-3-7-11(8-4-1)13-12-9-5-2-6-10-12;;/h1-10H;1H;1H2. The van der Waals surface area contributed by atoms with Gasteiger partial charge in [-0.15, -0.1) is 0 Å². The predicted molar refractivity (Wildman–Crippen MR) is 64.5 cm³/mol. The second kappa shape index (κ2) is 7.21. The molecule has 0 aromatic heterocycles. The van der Waals surface area contributed by atoms with Crippen molar-refractivity contribution in [2.75, 3.05) is 0 Å². The Morgan fingerprint density at radius 1 is 0.600 bits per heavy atom. The molecule has 0 unspecified atom stereocenters. The minimum atomic E-state index is 0. The Balaban J connectivity index is 0.000000980. The van der Waals surface area contributed by atoms with Crippen molar-refractivity contribution in [3.63, 3.8) is 0 Å². The van der Waals surface area contributed by atoms with Gasteiger partial charge in [-0.1, -0.05) is 49.9 Å². The van der Waals surface area contributed by atoms with Gasteiger partial charge < -0.3 is 17.1 Å². The van der Waals surface area contributed by atoms with Crippen molar-refractivity contribution in [2.45, 2.75) is 0 Å². The quantitative estimate of drug-likeness (QED) is 0.654. The first-order valence-corrected chi connectivity index (χ1v) is 4.23. The number of hydrogen-bond acceptors (Lipinski definition) is 1. The van der Waals surface area contributed by atoms with Gasteiger partial charge in [-0.05, 0) is 24.3 Å². The second-order valence-electron chi connectivity index (χ2n) is 2.73. The summed E-state index contributed by atoms with van der Waals surface area (Å²) in [5.74, 6) is 1.74. The van der Waals surface area contributed by atoms with Gasteiger partial charge in [0.05, 0.1) is 0 Å². The monoisotopic (exact) mass is 240 g/mol. The van der Waals surface area contributed by atoms with Crippen LogP contribution in [0.4, 0.5) is 0 Å². The molecule has 2 rings (SSSR count). The van der Waals surface area contributed by atoms with E-state index in [0.717, 1.165) is 11.5 Å². The first-order valence-electron chi connectivity index (χ1n) is 4.23. The van der Waals surface area contributed by atoms with Crippen LogP contribution in [0.5, 0.6) is 11.5 Å². The number of ether oxygens (including phenoxy) is 1. The summed E-state index contributed by atoms with van der Waals surface area (Å²) >= 11 is 0. The molecule has 0 fully saturated rings. The largest absolute Gasteiger partial charge is 1.00 e. The Kier molecular flexibility index (Phi) is 6.67. The number of halogens is 1.